The van der Waals surface area contributed by atoms with E-state index in [0.717, 1.165) is 16.8 Å². The van der Waals surface area contributed by atoms with E-state index in [-0.39, 0.29) is 23.3 Å². The van der Waals surface area contributed by atoms with E-state index in [1.54, 1.807) is 18.2 Å². The van der Waals surface area contributed by atoms with E-state index < -0.39 is 15.9 Å². The maximum atomic E-state index is 13.4. The first-order chi connectivity index (χ1) is 16.1. The van der Waals surface area contributed by atoms with Gasteiger partial charge in [0.2, 0.25) is 21.8 Å². The molecule has 2 aliphatic rings. The van der Waals surface area contributed by atoms with Gasteiger partial charge < -0.3 is 15.5 Å². The first kappa shape index (κ1) is 24.2. The normalized spacial score (nSPS) is 19.0. The SMILES string of the molecule is Cc1ccc(NC(=O)[C@@H]2CCCN(S(=O)(=O)c3ccc4c(c3)CCCC(=O)N4)C2)cc1N(C)C. The molecule has 0 radical (unpaired) electrons. The Kier molecular flexibility index (Phi) is 6.95. The van der Waals surface area contributed by atoms with Gasteiger partial charge in [-0.25, -0.2) is 8.42 Å². The summed E-state index contributed by atoms with van der Waals surface area (Å²) in [5.41, 5.74) is 4.33. The Morgan fingerprint density at radius 2 is 1.91 bits per heavy atom. The lowest BCUT2D eigenvalue weighted by molar-refractivity contribution is -0.121. The number of carbonyl (C=O) groups is 2. The molecular formula is C25H32N4O4S. The van der Waals surface area contributed by atoms with Gasteiger partial charge in [-0.2, -0.15) is 4.31 Å². The zero-order valence-corrected chi connectivity index (χ0v) is 20.7. The highest BCUT2D eigenvalue weighted by Crippen LogP contribution is 2.30. The van der Waals surface area contributed by atoms with E-state index in [0.29, 0.717) is 50.0 Å². The van der Waals surface area contributed by atoms with Crippen molar-refractivity contribution in [1.82, 2.24) is 4.31 Å². The fourth-order valence-electron chi connectivity index (χ4n) is 4.65. The smallest absolute Gasteiger partial charge is 0.243 e. The quantitative estimate of drug-likeness (QED) is 0.678. The number of rotatable bonds is 5. The topological polar surface area (TPSA) is 98.8 Å². The predicted molar refractivity (Wildman–Crippen MR) is 134 cm³/mol. The largest absolute Gasteiger partial charge is 0.377 e. The molecule has 0 aliphatic carbocycles. The van der Waals surface area contributed by atoms with Gasteiger partial charge in [0, 0.05) is 50.7 Å². The average Bonchev–Trinajstić information content (AvgIpc) is 3.00. The summed E-state index contributed by atoms with van der Waals surface area (Å²) >= 11 is 0. The Bertz CT molecular complexity index is 1210. The number of hydrogen-bond acceptors (Lipinski definition) is 5. The summed E-state index contributed by atoms with van der Waals surface area (Å²) in [6.07, 6.45) is 3.02. The van der Waals surface area contributed by atoms with Gasteiger partial charge in [-0.1, -0.05) is 6.07 Å². The number of aryl methyl sites for hydroxylation is 2. The van der Waals surface area contributed by atoms with Crippen LogP contribution in [0.3, 0.4) is 0 Å². The molecule has 0 bridgehead atoms. The van der Waals surface area contributed by atoms with Gasteiger partial charge in [0.15, 0.2) is 0 Å². The first-order valence-electron chi connectivity index (χ1n) is 11.7. The molecule has 34 heavy (non-hydrogen) atoms. The lowest BCUT2D eigenvalue weighted by atomic mass is 9.98. The second-order valence-corrected chi connectivity index (χ2v) is 11.2. The van der Waals surface area contributed by atoms with Gasteiger partial charge >= 0.3 is 0 Å². The number of nitrogens with one attached hydrogen (secondary N) is 2. The van der Waals surface area contributed by atoms with Crippen LogP contribution in [0.4, 0.5) is 17.1 Å². The highest BCUT2D eigenvalue weighted by Gasteiger charge is 2.34. The summed E-state index contributed by atoms with van der Waals surface area (Å²) in [6, 6.07) is 10.6. The molecule has 0 saturated carbocycles. The molecule has 0 spiro atoms. The van der Waals surface area contributed by atoms with Crippen molar-refractivity contribution in [2.24, 2.45) is 5.92 Å². The lowest BCUT2D eigenvalue weighted by Gasteiger charge is -2.31. The average molecular weight is 485 g/mol. The molecule has 2 aromatic rings. The Morgan fingerprint density at radius 3 is 2.68 bits per heavy atom. The molecule has 4 rings (SSSR count). The summed E-state index contributed by atoms with van der Waals surface area (Å²) in [6.45, 7) is 2.55. The maximum Gasteiger partial charge on any atom is 0.243 e. The number of anilines is 3. The van der Waals surface area contributed by atoms with Crippen LogP contribution in [0.2, 0.25) is 0 Å². The molecule has 2 amide bonds. The lowest BCUT2D eigenvalue weighted by Crippen LogP contribution is -2.43. The summed E-state index contributed by atoms with van der Waals surface area (Å²) in [5, 5.41) is 5.81. The molecule has 0 aromatic heterocycles. The minimum absolute atomic E-state index is 0.0504. The van der Waals surface area contributed by atoms with Crippen molar-refractivity contribution < 1.29 is 18.0 Å². The highest BCUT2D eigenvalue weighted by atomic mass is 32.2. The van der Waals surface area contributed by atoms with Crippen molar-refractivity contribution in [2.45, 2.75) is 43.9 Å². The molecule has 182 valence electrons. The van der Waals surface area contributed by atoms with Crippen LogP contribution in [-0.2, 0) is 26.0 Å². The number of nitrogens with zero attached hydrogens (tertiary/aromatic N) is 2. The van der Waals surface area contributed by atoms with Crippen LogP contribution in [-0.4, -0.2) is 51.7 Å². The number of benzene rings is 2. The van der Waals surface area contributed by atoms with E-state index in [2.05, 4.69) is 10.6 Å². The predicted octanol–water partition coefficient (Wildman–Crippen LogP) is 3.38. The van der Waals surface area contributed by atoms with Crippen LogP contribution in [0.5, 0.6) is 0 Å². The van der Waals surface area contributed by atoms with E-state index in [1.807, 2.05) is 44.1 Å². The van der Waals surface area contributed by atoms with Crippen LogP contribution in [0, 0.1) is 12.8 Å². The third-order valence-corrected chi connectivity index (χ3v) is 8.41. The molecule has 2 heterocycles. The van der Waals surface area contributed by atoms with E-state index in [9.17, 15) is 18.0 Å². The zero-order valence-electron chi connectivity index (χ0n) is 19.9. The molecular weight excluding hydrogens is 452 g/mol. The van der Waals surface area contributed by atoms with Gasteiger partial charge in [0.05, 0.1) is 10.8 Å². The fraction of sp³-hybridized carbons (Fsp3) is 0.440. The van der Waals surface area contributed by atoms with Gasteiger partial charge in [0.1, 0.15) is 0 Å². The Hall–Kier alpha value is -2.91. The third kappa shape index (κ3) is 5.10. The first-order valence-corrected chi connectivity index (χ1v) is 13.1. The van der Waals surface area contributed by atoms with Crippen molar-refractivity contribution >= 4 is 38.9 Å². The van der Waals surface area contributed by atoms with E-state index >= 15 is 0 Å². The molecule has 9 heteroatoms. The van der Waals surface area contributed by atoms with Crippen LogP contribution < -0.4 is 15.5 Å². The van der Waals surface area contributed by atoms with E-state index in [4.69, 9.17) is 0 Å². The van der Waals surface area contributed by atoms with E-state index in [1.165, 1.54) is 4.31 Å². The van der Waals surface area contributed by atoms with Crippen molar-refractivity contribution in [2.75, 3.05) is 42.7 Å². The monoisotopic (exact) mass is 484 g/mol. The molecule has 8 nitrogen and oxygen atoms in total. The third-order valence-electron chi connectivity index (χ3n) is 6.55. The Morgan fingerprint density at radius 1 is 1.12 bits per heavy atom. The van der Waals surface area contributed by atoms with Gasteiger partial charge in [0.25, 0.3) is 0 Å². The van der Waals surface area contributed by atoms with Gasteiger partial charge in [-0.3, -0.25) is 9.59 Å². The number of fused-ring (bicyclic) bond motifs is 1. The molecule has 1 atom stereocenters. The zero-order chi connectivity index (χ0) is 24.5. The Balaban J connectivity index is 1.49. The summed E-state index contributed by atoms with van der Waals surface area (Å²) in [5.74, 6) is -0.642. The number of hydrogen-bond donors (Lipinski definition) is 2. The number of piperidine rings is 1. The van der Waals surface area contributed by atoms with Crippen LogP contribution in [0.15, 0.2) is 41.3 Å². The summed E-state index contributed by atoms with van der Waals surface area (Å²) in [7, 11) is 0.155. The maximum absolute atomic E-state index is 13.4. The van der Waals surface area contributed by atoms with Gasteiger partial charge in [-0.15, -0.1) is 0 Å². The molecule has 2 aliphatic heterocycles. The molecule has 1 saturated heterocycles. The van der Waals surface area contributed by atoms with Crippen molar-refractivity contribution in [3.8, 4) is 0 Å². The molecule has 0 unspecified atom stereocenters. The highest BCUT2D eigenvalue weighted by molar-refractivity contribution is 7.89. The number of amides is 2. The minimum Gasteiger partial charge on any atom is -0.377 e. The second kappa shape index (κ2) is 9.76. The molecule has 1 fully saturated rings. The van der Waals surface area contributed by atoms with Crippen LogP contribution in [0.25, 0.3) is 0 Å². The number of sulfonamides is 1. The second-order valence-electron chi connectivity index (χ2n) is 9.31. The summed E-state index contributed by atoms with van der Waals surface area (Å²) < 4.78 is 28.2. The molecule has 2 aromatic carbocycles. The fourth-order valence-corrected chi connectivity index (χ4v) is 6.22. The Labute approximate surface area is 201 Å². The van der Waals surface area contributed by atoms with Crippen molar-refractivity contribution in [1.29, 1.82) is 0 Å². The number of carbonyl (C=O) groups excluding carboxylic acids is 2. The van der Waals surface area contributed by atoms with Gasteiger partial charge in [-0.05, 0) is 74.1 Å². The van der Waals surface area contributed by atoms with Crippen LogP contribution in [0.1, 0.15) is 36.8 Å². The van der Waals surface area contributed by atoms with Crippen molar-refractivity contribution in [3.63, 3.8) is 0 Å². The van der Waals surface area contributed by atoms with Crippen LogP contribution >= 0.6 is 0 Å². The standard InChI is InChI=1S/C25H32N4O4S/c1-17-9-10-20(15-23(17)28(2)3)26-25(31)19-7-5-13-29(16-19)34(32,33)21-11-12-22-18(14-21)6-4-8-24(30)27-22/h9-12,14-15,19H,4-8,13,16H2,1-3H3,(H,26,31)(H,27,30)/t19-/m1/s1. The minimum atomic E-state index is -3.75. The summed E-state index contributed by atoms with van der Waals surface area (Å²) in [4.78, 5) is 27.0. The van der Waals surface area contributed by atoms with Crippen molar-refractivity contribution in [3.05, 3.63) is 47.5 Å². The molecule has 2 N–H and O–H groups in total.